The van der Waals surface area contributed by atoms with Crippen LogP contribution in [0.5, 0.6) is 5.75 Å². The lowest BCUT2D eigenvalue weighted by atomic mass is 10.1. The normalized spacial score (nSPS) is 13.7. The van der Waals surface area contributed by atoms with Crippen LogP contribution in [-0.4, -0.2) is 18.7 Å². The average molecular weight is 265 g/mol. The van der Waals surface area contributed by atoms with Crippen LogP contribution in [0.1, 0.15) is 45.2 Å². The Morgan fingerprint density at radius 2 is 1.89 bits per heavy atom. The summed E-state index contributed by atoms with van der Waals surface area (Å²) < 4.78 is 10.7. The van der Waals surface area contributed by atoms with E-state index in [0.29, 0.717) is 18.8 Å². The molecule has 0 aliphatic carbocycles. The van der Waals surface area contributed by atoms with Gasteiger partial charge in [0.05, 0.1) is 6.61 Å². The Morgan fingerprint density at radius 1 is 1.26 bits per heavy atom. The first-order valence-corrected chi connectivity index (χ1v) is 6.77. The number of hydrogen-bond acceptors (Lipinski definition) is 4. The minimum absolute atomic E-state index is 0.00875. The van der Waals surface area contributed by atoms with E-state index in [1.165, 1.54) is 0 Å². The predicted molar refractivity (Wildman–Crippen MR) is 75.0 cm³/mol. The van der Waals surface area contributed by atoms with Gasteiger partial charge in [-0.1, -0.05) is 25.5 Å². The third-order valence-electron chi connectivity index (χ3n) is 2.78. The second-order valence-electron chi connectivity index (χ2n) is 4.50. The zero-order chi connectivity index (χ0) is 14.3. The molecule has 0 heterocycles. The van der Waals surface area contributed by atoms with Crippen molar-refractivity contribution in [2.75, 3.05) is 6.61 Å². The molecular weight excluding hydrogens is 242 g/mol. The second-order valence-corrected chi connectivity index (χ2v) is 4.50. The van der Waals surface area contributed by atoms with E-state index >= 15 is 0 Å². The first-order chi connectivity index (χ1) is 9.08. The summed E-state index contributed by atoms with van der Waals surface area (Å²) in [6, 6.07) is 7.48. The van der Waals surface area contributed by atoms with Gasteiger partial charge in [-0.3, -0.25) is 0 Å². The van der Waals surface area contributed by atoms with Crippen molar-refractivity contribution in [1.82, 2.24) is 0 Å². The summed E-state index contributed by atoms with van der Waals surface area (Å²) in [5, 5.41) is 0. The van der Waals surface area contributed by atoms with Crippen LogP contribution in [0.25, 0.3) is 0 Å². The number of benzene rings is 1. The summed E-state index contributed by atoms with van der Waals surface area (Å²) in [7, 11) is 0. The maximum atomic E-state index is 11.7. The highest BCUT2D eigenvalue weighted by molar-refractivity contribution is 5.75. The molecule has 0 fully saturated rings. The van der Waals surface area contributed by atoms with Gasteiger partial charge >= 0.3 is 5.97 Å². The number of esters is 1. The number of rotatable bonds is 7. The zero-order valence-electron chi connectivity index (χ0n) is 11.9. The number of carbonyl (C=O) groups is 1. The van der Waals surface area contributed by atoms with E-state index < -0.39 is 6.10 Å². The molecule has 2 atom stereocenters. The lowest BCUT2D eigenvalue weighted by Crippen LogP contribution is -2.29. The number of hydrogen-bond donors (Lipinski definition) is 1. The molecule has 4 nitrogen and oxygen atoms in total. The molecule has 4 heteroatoms. The van der Waals surface area contributed by atoms with Crippen LogP contribution in [0, 0.1) is 0 Å². The van der Waals surface area contributed by atoms with Crippen LogP contribution in [0.4, 0.5) is 0 Å². The Labute approximate surface area is 114 Å². The van der Waals surface area contributed by atoms with E-state index in [1.54, 1.807) is 6.92 Å². The Morgan fingerprint density at radius 3 is 2.37 bits per heavy atom. The van der Waals surface area contributed by atoms with Crippen LogP contribution in [0.2, 0.25) is 0 Å². The van der Waals surface area contributed by atoms with Crippen molar-refractivity contribution in [3.63, 3.8) is 0 Å². The van der Waals surface area contributed by atoms with Crippen molar-refractivity contribution < 1.29 is 14.3 Å². The largest absolute Gasteiger partial charge is 0.479 e. The maximum absolute atomic E-state index is 11.7. The first-order valence-electron chi connectivity index (χ1n) is 6.77. The molecule has 0 radical (unpaired) electrons. The molecule has 1 aromatic carbocycles. The number of nitrogens with two attached hydrogens (primary N) is 1. The highest BCUT2D eigenvalue weighted by atomic mass is 16.6. The Hall–Kier alpha value is -1.55. The van der Waals surface area contributed by atoms with Gasteiger partial charge < -0.3 is 15.2 Å². The minimum Gasteiger partial charge on any atom is -0.479 e. The molecule has 106 valence electrons. The summed E-state index contributed by atoms with van der Waals surface area (Å²) in [5.74, 6) is 0.358. The standard InChI is InChI=1S/C15H23NO3/c1-4-6-14(15(17)18-5-2)19-13-9-7-12(8-10-13)11(3)16/h7-11,14H,4-6,16H2,1-3H3/t11-,14?/m1/s1. The number of carbonyl (C=O) groups excluding carboxylic acids is 1. The molecule has 0 saturated carbocycles. The lowest BCUT2D eigenvalue weighted by Gasteiger charge is -2.17. The molecule has 1 rings (SSSR count). The van der Waals surface area contributed by atoms with Gasteiger partial charge in [0.1, 0.15) is 5.75 Å². The second kappa shape index (κ2) is 7.79. The van der Waals surface area contributed by atoms with Crippen molar-refractivity contribution in [3.05, 3.63) is 29.8 Å². The van der Waals surface area contributed by atoms with Gasteiger partial charge in [-0.25, -0.2) is 4.79 Å². The van der Waals surface area contributed by atoms with E-state index in [0.717, 1.165) is 12.0 Å². The molecule has 0 bridgehead atoms. The predicted octanol–water partition coefficient (Wildman–Crippen LogP) is 2.82. The van der Waals surface area contributed by atoms with E-state index in [-0.39, 0.29) is 12.0 Å². The Kier molecular flexibility index (Phi) is 6.36. The molecule has 19 heavy (non-hydrogen) atoms. The average Bonchev–Trinajstić information content (AvgIpc) is 2.39. The van der Waals surface area contributed by atoms with Crippen LogP contribution < -0.4 is 10.5 Å². The third kappa shape index (κ3) is 4.91. The topological polar surface area (TPSA) is 61.5 Å². The van der Waals surface area contributed by atoms with Crippen molar-refractivity contribution >= 4 is 5.97 Å². The fourth-order valence-electron chi connectivity index (χ4n) is 1.74. The highest BCUT2D eigenvalue weighted by Gasteiger charge is 2.20. The minimum atomic E-state index is -0.536. The fraction of sp³-hybridized carbons (Fsp3) is 0.533. The fourth-order valence-corrected chi connectivity index (χ4v) is 1.74. The summed E-state index contributed by atoms with van der Waals surface area (Å²) in [4.78, 5) is 11.7. The molecular formula is C15H23NO3. The van der Waals surface area contributed by atoms with E-state index in [9.17, 15) is 4.79 Å². The summed E-state index contributed by atoms with van der Waals surface area (Å²) in [6.45, 7) is 6.09. The summed E-state index contributed by atoms with van der Waals surface area (Å²) in [6.07, 6.45) is 0.973. The number of ether oxygens (including phenoxy) is 2. The SMILES string of the molecule is CCCC(Oc1ccc([C@@H](C)N)cc1)C(=O)OCC. The molecule has 1 unspecified atom stereocenters. The summed E-state index contributed by atoms with van der Waals surface area (Å²) >= 11 is 0. The Bertz CT molecular complexity index is 387. The molecule has 2 N–H and O–H groups in total. The molecule has 0 saturated heterocycles. The van der Waals surface area contributed by atoms with Crippen LogP contribution in [0.15, 0.2) is 24.3 Å². The highest BCUT2D eigenvalue weighted by Crippen LogP contribution is 2.19. The molecule has 0 aliphatic heterocycles. The monoisotopic (exact) mass is 265 g/mol. The molecule has 0 spiro atoms. The quantitative estimate of drug-likeness (QED) is 0.770. The zero-order valence-corrected chi connectivity index (χ0v) is 11.9. The third-order valence-corrected chi connectivity index (χ3v) is 2.78. The van der Waals surface area contributed by atoms with E-state index in [1.807, 2.05) is 38.1 Å². The van der Waals surface area contributed by atoms with Crippen molar-refractivity contribution in [2.45, 2.75) is 45.8 Å². The van der Waals surface area contributed by atoms with Gasteiger partial charge in [-0.15, -0.1) is 0 Å². The van der Waals surface area contributed by atoms with Crippen molar-refractivity contribution in [3.8, 4) is 5.75 Å². The molecule has 0 aromatic heterocycles. The van der Waals surface area contributed by atoms with Gasteiger partial charge in [0.15, 0.2) is 6.10 Å². The smallest absolute Gasteiger partial charge is 0.347 e. The molecule has 1 aromatic rings. The van der Waals surface area contributed by atoms with Gasteiger partial charge in [-0.2, -0.15) is 0 Å². The Balaban J connectivity index is 2.70. The summed E-state index contributed by atoms with van der Waals surface area (Å²) in [5.41, 5.74) is 6.82. The van der Waals surface area contributed by atoms with Crippen molar-refractivity contribution in [1.29, 1.82) is 0 Å². The maximum Gasteiger partial charge on any atom is 0.347 e. The van der Waals surface area contributed by atoms with Gasteiger partial charge in [0.25, 0.3) is 0 Å². The first kappa shape index (κ1) is 15.5. The van der Waals surface area contributed by atoms with Crippen LogP contribution in [0.3, 0.4) is 0 Å². The molecule has 0 amide bonds. The van der Waals surface area contributed by atoms with Gasteiger partial charge in [-0.05, 0) is 38.0 Å². The van der Waals surface area contributed by atoms with Crippen molar-refractivity contribution in [2.24, 2.45) is 5.73 Å². The van der Waals surface area contributed by atoms with Crippen LogP contribution >= 0.6 is 0 Å². The molecule has 0 aliphatic rings. The van der Waals surface area contributed by atoms with E-state index in [2.05, 4.69) is 0 Å². The van der Waals surface area contributed by atoms with Crippen LogP contribution in [-0.2, 0) is 9.53 Å². The lowest BCUT2D eigenvalue weighted by molar-refractivity contribution is -0.151. The van der Waals surface area contributed by atoms with Gasteiger partial charge in [0, 0.05) is 6.04 Å². The van der Waals surface area contributed by atoms with Gasteiger partial charge in [0.2, 0.25) is 0 Å². The van der Waals surface area contributed by atoms with E-state index in [4.69, 9.17) is 15.2 Å².